The van der Waals surface area contributed by atoms with Crippen molar-refractivity contribution >= 4 is 18.3 Å². The van der Waals surface area contributed by atoms with E-state index < -0.39 is 11.6 Å². The van der Waals surface area contributed by atoms with Crippen LogP contribution in [0.5, 0.6) is 0 Å². The molecular formula is C14H19ClF2N2O. The van der Waals surface area contributed by atoms with Gasteiger partial charge in [-0.3, -0.25) is 4.79 Å². The molecule has 1 aromatic rings. The molecule has 0 radical (unpaired) electrons. The second-order valence-corrected chi connectivity index (χ2v) is 4.86. The van der Waals surface area contributed by atoms with E-state index in [1.165, 1.54) is 12.5 Å². The fourth-order valence-corrected chi connectivity index (χ4v) is 2.29. The minimum absolute atomic E-state index is 0. The van der Waals surface area contributed by atoms with Crippen molar-refractivity contribution in [2.24, 2.45) is 0 Å². The van der Waals surface area contributed by atoms with Crippen LogP contribution in [-0.4, -0.2) is 25.0 Å². The van der Waals surface area contributed by atoms with Crippen LogP contribution in [-0.2, 0) is 11.2 Å². The summed E-state index contributed by atoms with van der Waals surface area (Å²) >= 11 is 0. The maximum absolute atomic E-state index is 13.0. The highest BCUT2D eigenvalue weighted by Crippen LogP contribution is 2.10. The fraction of sp³-hybridized carbons (Fsp3) is 0.500. The maximum atomic E-state index is 13.0. The van der Waals surface area contributed by atoms with Gasteiger partial charge in [0.25, 0.3) is 0 Å². The highest BCUT2D eigenvalue weighted by atomic mass is 35.5. The van der Waals surface area contributed by atoms with Gasteiger partial charge in [-0.25, -0.2) is 8.78 Å². The lowest BCUT2D eigenvalue weighted by atomic mass is 10.1. The van der Waals surface area contributed by atoms with E-state index in [1.54, 1.807) is 0 Å². The third-order valence-corrected chi connectivity index (χ3v) is 3.33. The van der Waals surface area contributed by atoms with Crippen LogP contribution in [0.15, 0.2) is 18.2 Å². The molecule has 6 heteroatoms. The van der Waals surface area contributed by atoms with Gasteiger partial charge < -0.3 is 10.6 Å². The zero-order chi connectivity index (χ0) is 13.7. The van der Waals surface area contributed by atoms with Crippen LogP contribution in [0.4, 0.5) is 8.78 Å². The first kappa shape index (κ1) is 16.9. The smallest absolute Gasteiger partial charge is 0.224 e. The van der Waals surface area contributed by atoms with E-state index in [9.17, 15) is 13.6 Å². The van der Waals surface area contributed by atoms with Gasteiger partial charge in [0.1, 0.15) is 0 Å². The number of carbonyl (C=O) groups is 1. The summed E-state index contributed by atoms with van der Waals surface area (Å²) < 4.78 is 25.7. The minimum Gasteiger partial charge on any atom is -0.356 e. The SMILES string of the molecule is Cl.O=C(Cc1ccc(F)c(F)c1)NCC[C@H]1CCCN1. The molecule has 1 aliphatic rings. The average Bonchev–Trinajstić information content (AvgIpc) is 2.87. The molecule has 1 atom stereocenters. The number of amides is 1. The van der Waals surface area contributed by atoms with Gasteiger partial charge in [-0.05, 0) is 43.5 Å². The fourth-order valence-electron chi connectivity index (χ4n) is 2.29. The van der Waals surface area contributed by atoms with Crippen molar-refractivity contribution in [1.29, 1.82) is 0 Å². The van der Waals surface area contributed by atoms with Gasteiger partial charge in [-0.1, -0.05) is 6.07 Å². The van der Waals surface area contributed by atoms with Gasteiger partial charge in [0.05, 0.1) is 6.42 Å². The molecule has 1 fully saturated rings. The normalized spacial score (nSPS) is 17.6. The topological polar surface area (TPSA) is 41.1 Å². The molecular weight excluding hydrogens is 286 g/mol. The Labute approximate surface area is 123 Å². The van der Waals surface area contributed by atoms with E-state index in [-0.39, 0.29) is 24.7 Å². The lowest BCUT2D eigenvalue weighted by molar-refractivity contribution is -0.120. The molecule has 1 aliphatic heterocycles. The Kier molecular flexibility index (Phi) is 6.88. The molecule has 3 nitrogen and oxygen atoms in total. The zero-order valence-electron chi connectivity index (χ0n) is 11.1. The summed E-state index contributed by atoms with van der Waals surface area (Å²) in [5.41, 5.74) is 0.482. The quantitative estimate of drug-likeness (QED) is 0.875. The Bertz CT molecular complexity index is 451. The Balaban J connectivity index is 0.00000200. The van der Waals surface area contributed by atoms with E-state index in [0.717, 1.165) is 31.5 Å². The third-order valence-electron chi connectivity index (χ3n) is 3.33. The highest BCUT2D eigenvalue weighted by molar-refractivity contribution is 5.85. The van der Waals surface area contributed by atoms with E-state index in [1.807, 2.05) is 0 Å². The molecule has 0 spiro atoms. The zero-order valence-corrected chi connectivity index (χ0v) is 11.9. The lowest BCUT2D eigenvalue weighted by Crippen LogP contribution is -2.31. The maximum Gasteiger partial charge on any atom is 0.224 e. The first-order chi connectivity index (χ1) is 9.15. The van der Waals surface area contributed by atoms with Crippen LogP contribution < -0.4 is 10.6 Å². The Morgan fingerprint density at radius 3 is 2.80 bits per heavy atom. The number of carbonyl (C=O) groups excluding carboxylic acids is 1. The number of rotatable bonds is 5. The second-order valence-electron chi connectivity index (χ2n) is 4.86. The molecule has 0 aromatic heterocycles. The molecule has 20 heavy (non-hydrogen) atoms. The molecule has 0 bridgehead atoms. The van der Waals surface area contributed by atoms with Gasteiger partial charge in [-0.2, -0.15) is 0 Å². The highest BCUT2D eigenvalue weighted by Gasteiger charge is 2.13. The summed E-state index contributed by atoms with van der Waals surface area (Å²) in [5.74, 6) is -1.97. The molecule has 1 aromatic carbocycles. The average molecular weight is 305 g/mol. The van der Waals surface area contributed by atoms with Crippen LogP contribution in [0.2, 0.25) is 0 Å². The van der Waals surface area contributed by atoms with Crippen molar-refractivity contribution in [3.8, 4) is 0 Å². The van der Waals surface area contributed by atoms with E-state index in [4.69, 9.17) is 0 Å². The van der Waals surface area contributed by atoms with Crippen molar-refractivity contribution in [3.63, 3.8) is 0 Å². The van der Waals surface area contributed by atoms with Crippen LogP contribution in [0, 0.1) is 11.6 Å². The van der Waals surface area contributed by atoms with Gasteiger partial charge >= 0.3 is 0 Å². The van der Waals surface area contributed by atoms with Gasteiger partial charge in [0.2, 0.25) is 5.91 Å². The molecule has 0 unspecified atom stereocenters. The van der Waals surface area contributed by atoms with Crippen LogP contribution in [0.1, 0.15) is 24.8 Å². The van der Waals surface area contributed by atoms with E-state index >= 15 is 0 Å². The predicted octanol–water partition coefficient (Wildman–Crippen LogP) is 2.19. The first-order valence-corrected chi connectivity index (χ1v) is 6.59. The van der Waals surface area contributed by atoms with Crippen LogP contribution in [0.3, 0.4) is 0 Å². The van der Waals surface area contributed by atoms with Crippen LogP contribution >= 0.6 is 12.4 Å². The standard InChI is InChI=1S/C14H18F2N2O.ClH/c15-12-4-3-10(8-13(12)16)9-14(19)18-7-5-11-2-1-6-17-11;/h3-4,8,11,17H,1-2,5-7,9H2,(H,18,19);1H/t11-;/m1./s1. The first-order valence-electron chi connectivity index (χ1n) is 6.59. The molecule has 112 valence electrons. The summed E-state index contributed by atoms with van der Waals surface area (Å²) in [6.07, 6.45) is 3.32. The Morgan fingerprint density at radius 1 is 1.35 bits per heavy atom. The molecule has 1 heterocycles. The van der Waals surface area contributed by atoms with Crippen molar-refractivity contribution in [2.45, 2.75) is 31.7 Å². The molecule has 1 amide bonds. The minimum atomic E-state index is -0.916. The molecule has 2 rings (SSSR count). The Morgan fingerprint density at radius 2 is 2.15 bits per heavy atom. The number of hydrogen-bond acceptors (Lipinski definition) is 2. The van der Waals surface area contributed by atoms with Crippen molar-refractivity contribution in [3.05, 3.63) is 35.4 Å². The lowest BCUT2D eigenvalue weighted by Gasteiger charge is -2.10. The molecule has 2 N–H and O–H groups in total. The number of hydrogen-bond donors (Lipinski definition) is 2. The van der Waals surface area contributed by atoms with Crippen molar-refractivity contribution in [1.82, 2.24) is 10.6 Å². The summed E-state index contributed by atoms with van der Waals surface area (Å²) in [4.78, 5) is 11.6. The summed E-state index contributed by atoms with van der Waals surface area (Å²) in [6, 6.07) is 4.02. The van der Waals surface area contributed by atoms with Gasteiger partial charge in [0, 0.05) is 12.6 Å². The monoisotopic (exact) mass is 304 g/mol. The number of halogens is 3. The van der Waals surface area contributed by atoms with Crippen LogP contribution in [0.25, 0.3) is 0 Å². The van der Waals surface area contributed by atoms with Crippen molar-refractivity contribution < 1.29 is 13.6 Å². The van der Waals surface area contributed by atoms with E-state index in [0.29, 0.717) is 18.2 Å². The summed E-state index contributed by atoms with van der Waals surface area (Å²) in [7, 11) is 0. The van der Waals surface area contributed by atoms with Gasteiger partial charge in [0.15, 0.2) is 11.6 Å². The van der Waals surface area contributed by atoms with Crippen molar-refractivity contribution in [2.75, 3.05) is 13.1 Å². The summed E-state index contributed by atoms with van der Waals surface area (Å²) in [6.45, 7) is 1.66. The second kappa shape index (κ2) is 8.17. The number of benzene rings is 1. The number of nitrogens with one attached hydrogen (secondary N) is 2. The molecule has 0 saturated carbocycles. The summed E-state index contributed by atoms with van der Waals surface area (Å²) in [5, 5.41) is 6.15. The Hall–Kier alpha value is -1.20. The van der Waals surface area contributed by atoms with Gasteiger partial charge in [-0.15, -0.1) is 12.4 Å². The molecule has 0 aliphatic carbocycles. The predicted molar refractivity (Wildman–Crippen MR) is 76.0 cm³/mol. The third kappa shape index (κ3) is 5.06. The van der Waals surface area contributed by atoms with E-state index in [2.05, 4.69) is 10.6 Å². The largest absolute Gasteiger partial charge is 0.356 e. The molecule has 1 saturated heterocycles.